The molecule has 0 bridgehead atoms. The summed E-state index contributed by atoms with van der Waals surface area (Å²) in [4.78, 5) is 25.5. The van der Waals surface area contributed by atoms with Crippen LogP contribution in [0.5, 0.6) is 5.75 Å². The number of anilines is 2. The average Bonchev–Trinajstić information content (AvgIpc) is 2.84. The minimum absolute atomic E-state index is 0.0407. The zero-order valence-electron chi connectivity index (χ0n) is 12.1. The van der Waals surface area contributed by atoms with E-state index >= 15 is 0 Å². The lowest BCUT2D eigenvalue weighted by molar-refractivity contribution is -0.133. The number of rotatable bonds is 3. The molecular formula is C14H14N4O3S. The molecular weight excluding hydrogens is 304 g/mol. The Hall–Kier alpha value is -2.48. The van der Waals surface area contributed by atoms with Gasteiger partial charge in [0, 0.05) is 0 Å². The van der Waals surface area contributed by atoms with Crippen LogP contribution < -0.4 is 15.0 Å². The second-order valence-electron chi connectivity index (χ2n) is 4.98. The molecule has 2 aromatic rings. The summed E-state index contributed by atoms with van der Waals surface area (Å²) in [6, 6.07) is 5.49. The highest BCUT2D eigenvalue weighted by Crippen LogP contribution is 2.32. The number of benzene rings is 1. The number of fused-ring (bicyclic) bond motifs is 1. The van der Waals surface area contributed by atoms with Crippen LogP contribution in [0.4, 0.5) is 10.8 Å². The summed E-state index contributed by atoms with van der Waals surface area (Å²) in [5.74, 6) is -0.157. The van der Waals surface area contributed by atoms with Crippen molar-refractivity contribution in [2.75, 3.05) is 23.3 Å². The van der Waals surface area contributed by atoms with Gasteiger partial charge in [0.1, 0.15) is 11.6 Å². The first-order valence-corrected chi connectivity index (χ1v) is 7.49. The summed E-state index contributed by atoms with van der Waals surface area (Å²) >= 11 is 1.30. The van der Waals surface area contributed by atoms with E-state index < -0.39 is 0 Å². The average molecular weight is 318 g/mol. The molecule has 1 aliphatic heterocycles. The van der Waals surface area contributed by atoms with Gasteiger partial charge in [0.2, 0.25) is 11.0 Å². The first-order valence-electron chi connectivity index (χ1n) is 6.67. The molecule has 7 nitrogen and oxygen atoms in total. The Balaban J connectivity index is 1.76. The minimum atomic E-state index is -0.379. The van der Waals surface area contributed by atoms with Crippen LogP contribution in [0.15, 0.2) is 18.2 Å². The van der Waals surface area contributed by atoms with Crippen LogP contribution in [0.1, 0.15) is 10.6 Å². The van der Waals surface area contributed by atoms with Crippen molar-refractivity contribution >= 4 is 34.0 Å². The smallest absolute Gasteiger partial charge is 0.331 e. The predicted molar refractivity (Wildman–Crippen MR) is 82.3 cm³/mol. The molecule has 8 heteroatoms. The molecule has 0 saturated heterocycles. The van der Waals surface area contributed by atoms with E-state index in [0.717, 1.165) is 16.3 Å². The lowest BCUT2D eigenvalue weighted by atomic mass is 10.1. The topological polar surface area (TPSA) is 84.4 Å². The van der Waals surface area contributed by atoms with Gasteiger partial charge in [-0.15, -0.1) is 10.2 Å². The van der Waals surface area contributed by atoms with E-state index in [1.54, 1.807) is 11.0 Å². The maximum absolute atomic E-state index is 12.1. The molecule has 0 spiro atoms. The molecule has 1 amide bonds. The third-order valence-electron chi connectivity index (χ3n) is 3.11. The number of ether oxygens (including phenoxy) is 1. The van der Waals surface area contributed by atoms with Crippen molar-refractivity contribution in [3.8, 4) is 5.75 Å². The molecule has 22 heavy (non-hydrogen) atoms. The number of esters is 1. The lowest BCUT2D eigenvalue weighted by Crippen LogP contribution is -2.41. The summed E-state index contributed by atoms with van der Waals surface area (Å²) in [6.07, 6.45) is 0. The summed E-state index contributed by atoms with van der Waals surface area (Å²) in [6.45, 7) is 3.84. The van der Waals surface area contributed by atoms with Crippen molar-refractivity contribution in [3.05, 3.63) is 28.8 Å². The van der Waals surface area contributed by atoms with Gasteiger partial charge in [-0.25, -0.2) is 4.79 Å². The maximum Gasteiger partial charge on any atom is 0.331 e. The fourth-order valence-corrected chi connectivity index (χ4v) is 2.79. The number of carbonyl (C=O) groups is 2. The normalized spacial score (nSPS) is 13.5. The zero-order chi connectivity index (χ0) is 15.7. The van der Waals surface area contributed by atoms with Crippen LogP contribution in [0, 0.1) is 13.8 Å². The van der Waals surface area contributed by atoms with E-state index in [0.29, 0.717) is 10.9 Å². The molecule has 1 N–H and O–H groups in total. The van der Waals surface area contributed by atoms with Gasteiger partial charge in [-0.2, -0.15) is 0 Å². The van der Waals surface area contributed by atoms with Crippen LogP contribution in [-0.4, -0.2) is 35.2 Å². The van der Waals surface area contributed by atoms with E-state index in [-0.39, 0.29) is 25.0 Å². The summed E-state index contributed by atoms with van der Waals surface area (Å²) in [5.41, 5.74) is 1.77. The number of nitrogens with one attached hydrogen (secondary N) is 1. The van der Waals surface area contributed by atoms with Gasteiger partial charge in [0.05, 0.1) is 12.2 Å². The van der Waals surface area contributed by atoms with Gasteiger partial charge in [0.25, 0.3) is 0 Å². The van der Waals surface area contributed by atoms with Crippen molar-refractivity contribution in [2.45, 2.75) is 13.8 Å². The number of aromatic nitrogens is 2. The fraction of sp³-hybridized carbons (Fsp3) is 0.286. The number of aryl methyl sites for hydroxylation is 2. The highest BCUT2D eigenvalue weighted by atomic mass is 32.1. The number of amides is 1. The van der Waals surface area contributed by atoms with Crippen molar-refractivity contribution in [3.63, 3.8) is 0 Å². The highest BCUT2D eigenvalue weighted by Gasteiger charge is 2.26. The van der Waals surface area contributed by atoms with Gasteiger partial charge in [-0.05, 0) is 31.5 Å². The molecule has 0 fully saturated rings. The standard InChI is InChI=1S/C14H14N4O3S/c1-8-3-4-11-10(5-8)18(7-13(20)21-11)6-12(19)15-14-17-16-9(2)22-14/h3-5H,6-7H2,1-2H3,(H,15,17,19). The van der Waals surface area contributed by atoms with E-state index in [1.807, 2.05) is 26.0 Å². The molecule has 0 radical (unpaired) electrons. The molecule has 0 aliphatic carbocycles. The predicted octanol–water partition coefficient (Wildman–Crippen LogP) is 1.52. The fourth-order valence-electron chi connectivity index (χ4n) is 2.18. The van der Waals surface area contributed by atoms with Gasteiger partial charge in [-0.3, -0.25) is 10.1 Å². The summed E-state index contributed by atoms with van der Waals surface area (Å²) in [7, 11) is 0. The number of hydrogen-bond donors (Lipinski definition) is 1. The van der Waals surface area contributed by atoms with Crippen LogP contribution in [0.2, 0.25) is 0 Å². The first-order chi connectivity index (χ1) is 10.5. The van der Waals surface area contributed by atoms with Crippen LogP contribution in [-0.2, 0) is 9.59 Å². The monoisotopic (exact) mass is 318 g/mol. The Morgan fingerprint density at radius 1 is 1.41 bits per heavy atom. The third-order valence-corrected chi connectivity index (χ3v) is 3.86. The maximum atomic E-state index is 12.1. The van der Waals surface area contributed by atoms with Gasteiger partial charge in [0.15, 0.2) is 5.75 Å². The van der Waals surface area contributed by atoms with E-state index in [4.69, 9.17) is 4.74 Å². The second kappa shape index (κ2) is 5.72. The molecule has 2 heterocycles. The van der Waals surface area contributed by atoms with Crippen molar-refractivity contribution in [2.24, 2.45) is 0 Å². The molecule has 1 aliphatic rings. The molecule has 0 unspecified atom stereocenters. The van der Waals surface area contributed by atoms with Crippen molar-refractivity contribution in [1.29, 1.82) is 0 Å². The largest absolute Gasteiger partial charge is 0.423 e. The molecule has 3 rings (SSSR count). The quantitative estimate of drug-likeness (QED) is 0.682. The number of carbonyl (C=O) groups excluding carboxylic acids is 2. The van der Waals surface area contributed by atoms with Gasteiger partial charge >= 0.3 is 5.97 Å². The Labute approximate surface area is 130 Å². The van der Waals surface area contributed by atoms with Crippen molar-refractivity contribution in [1.82, 2.24) is 10.2 Å². The minimum Gasteiger partial charge on any atom is -0.423 e. The molecule has 0 atom stereocenters. The molecule has 0 saturated carbocycles. The Morgan fingerprint density at radius 2 is 2.23 bits per heavy atom. The summed E-state index contributed by atoms with van der Waals surface area (Å²) in [5, 5.41) is 11.6. The van der Waals surface area contributed by atoms with E-state index in [2.05, 4.69) is 15.5 Å². The summed E-state index contributed by atoms with van der Waals surface area (Å²) < 4.78 is 5.19. The number of hydrogen-bond acceptors (Lipinski definition) is 7. The number of nitrogens with zero attached hydrogens (tertiary/aromatic N) is 3. The molecule has 1 aromatic heterocycles. The lowest BCUT2D eigenvalue weighted by Gasteiger charge is -2.29. The second-order valence-corrected chi connectivity index (χ2v) is 6.16. The molecule has 114 valence electrons. The van der Waals surface area contributed by atoms with Crippen molar-refractivity contribution < 1.29 is 14.3 Å². The van der Waals surface area contributed by atoms with Crippen LogP contribution in [0.3, 0.4) is 0 Å². The van der Waals surface area contributed by atoms with Gasteiger partial charge < -0.3 is 9.64 Å². The van der Waals surface area contributed by atoms with E-state index in [9.17, 15) is 9.59 Å². The zero-order valence-corrected chi connectivity index (χ0v) is 12.9. The Morgan fingerprint density at radius 3 is 2.95 bits per heavy atom. The SMILES string of the molecule is Cc1ccc2c(c1)N(CC(=O)Nc1nnc(C)s1)CC(=O)O2. The Kier molecular flexibility index (Phi) is 3.76. The van der Waals surface area contributed by atoms with E-state index in [1.165, 1.54) is 11.3 Å². The van der Waals surface area contributed by atoms with Crippen LogP contribution in [0.25, 0.3) is 0 Å². The Bertz CT molecular complexity index is 743. The highest BCUT2D eigenvalue weighted by molar-refractivity contribution is 7.15. The third kappa shape index (κ3) is 3.06. The first kappa shape index (κ1) is 14.5. The molecule has 1 aromatic carbocycles. The van der Waals surface area contributed by atoms with Crippen LogP contribution >= 0.6 is 11.3 Å². The van der Waals surface area contributed by atoms with Gasteiger partial charge in [-0.1, -0.05) is 17.4 Å².